The van der Waals surface area contributed by atoms with E-state index in [0.29, 0.717) is 10.2 Å². The van der Waals surface area contributed by atoms with Crippen LogP contribution in [0.5, 0.6) is 0 Å². The number of nitro benzene ring substituents is 1. The van der Waals surface area contributed by atoms with Gasteiger partial charge in [0.25, 0.3) is 11.6 Å². The molecule has 1 aliphatic heterocycles. The number of nitrogens with one attached hydrogen (secondary N) is 1. The second-order valence-corrected chi connectivity index (χ2v) is 7.32. The van der Waals surface area contributed by atoms with Crippen LogP contribution in [0.3, 0.4) is 0 Å². The van der Waals surface area contributed by atoms with E-state index in [2.05, 4.69) is 21.2 Å². The van der Waals surface area contributed by atoms with Gasteiger partial charge in [-0.25, -0.2) is 9.18 Å². The quantitative estimate of drug-likeness (QED) is 0.394. The first kappa shape index (κ1) is 20.7. The number of carbonyl (C=O) groups is 2. The summed E-state index contributed by atoms with van der Waals surface area (Å²) in [4.78, 5) is 36.9. The highest BCUT2D eigenvalue weighted by Crippen LogP contribution is 2.31. The van der Waals surface area contributed by atoms with Crippen molar-refractivity contribution in [3.05, 3.63) is 62.4 Å². The number of nitro groups is 1. The Labute approximate surface area is 173 Å². The first-order valence-corrected chi connectivity index (χ1v) is 9.60. The number of hydrogen-bond donors (Lipinski definition) is 1. The molecular weight excluding hydrogens is 449 g/mol. The van der Waals surface area contributed by atoms with E-state index in [-0.39, 0.29) is 16.9 Å². The number of ether oxygens (including phenoxy) is 1. The molecule has 1 aliphatic rings. The smallest absolute Gasteiger partial charge is 0.338 e. The molecular formula is C19H17BrFN3O5. The second kappa shape index (κ2) is 8.99. The van der Waals surface area contributed by atoms with Crippen LogP contribution in [-0.4, -0.2) is 36.5 Å². The normalized spacial score (nSPS) is 13.2. The standard InChI is InChI=1S/C19H17BrFN3O5/c20-13-4-5-15(14(21)10-13)22-18(25)11-29-19(26)12-3-6-16(17(9-12)24(27)28)23-7-1-2-8-23/h3-6,9-10H,1-2,7-8,11H2,(H,22,25). The molecule has 2 aromatic rings. The predicted octanol–water partition coefficient (Wildman–Crippen LogP) is 3.89. The molecule has 1 saturated heterocycles. The van der Waals surface area contributed by atoms with Crippen molar-refractivity contribution in [2.75, 3.05) is 29.9 Å². The van der Waals surface area contributed by atoms with Gasteiger partial charge in [-0.15, -0.1) is 0 Å². The lowest BCUT2D eigenvalue weighted by molar-refractivity contribution is -0.384. The zero-order chi connectivity index (χ0) is 21.0. The fourth-order valence-electron chi connectivity index (χ4n) is 3.01. The molecule has 3 rings (SSSR count). The van der Waals surface area contributed by atoms with Crippen LogP contribution in [0.25, 0.3) is 0 Å². The molecule has 0 unspecified atom stereocenters. The minimum Gasteiger partial charge on any atom is -0.452 e. The van der Waals surface area contributed by atoms with Crippen molar-refractivity contribution in [3.63, 3.8) is 0 Å². The lowest BCUT2D eigenvalue weighted by Gasteiger charge is -2.17. The maximum absolute atomic E-state index is 13.7. The van der Waals surface area contributed by atoms with Crippen molar-refractivity contribution in [2.24, 2.45) is 0 Å². The summed E-state index contributed by atoms with van der Waals surface area (Å²) in [5.74, 6) is -2.26. The fraction of sp³-hybridized carbons (Fsp3) is 0.263. The van der Waals surface area contributed by atoms with Gasteiger partial charge in [-0.1, -0.05) is 15.9 Å². The minimum atomic E-state index is -0.882. The average Bonchev–Trinajstić information content (AvgIpc) is 3.22. The highest BCUT2D eigenvalue weighted by atomic mass is 79.9. The van der Waals surface area contributed by atoms with Crippen LogP contribution in [0.15, 0.2) is 40.9 Å². The summed E-state index contributed by atoms with van der Waals surface area (Å²) in [6.45, 7) is 0.783. The third-order valence-electron chi connectivity index (χ3n) is 4.39. The number of benzene rings is 2. The SMILES string of the molecule is O=C(COC(=O)c1ccc(N2CCCC2)c([N+](=O)[O-])c1)Nc1ccc(Br)cc1F. The first-order valence-electron chi connectivity index (χ1n) is 8.80. The molecule has 0 spiro atoms. The van der Waals surface area contributed by atoms with Crippen molar-refractivity contribution >= 4 is 44.9 Å². The minimum absolute atomic E-state index is 0.0396. The van der Waals surface area contributed by atoms with Gasteiger partial charge < -0.3 is 15.0 Å². The van der Waals surface area contributed by atoms with Gasteiger partial charge in [0.05, 0.1) is 16.2 Å². The molecule has 0 bridgehead atoms. The van der Waals surface area contributed by atoms with Crippen LogP contribution in [0.2, 0.25) is 0 Å². The largest absolute Gasteiger partial charge is 0.452 e. The van der Waals surface area contributed by atoms with E-state index in [1.165, 1.54) is 24.3 Å². The number of hydrogen-bond acceptors (Lipinski definition) is 6. The summed E-state index contributed by atoms with van der Waals surface area (Å²) >= 11 is 3.11. The Balaban J connectivity index is 1.64. The number of nitrogens with zero attached hydrogens (tertiary/aromatic N) is 2. The molecule has 29 heavy (non-hydrogen) atoms. The van der Waals surface area contributed by atoms with Gasteiger partial charge in [0.1, 0.15) is 11.5 Å². The Bertz CT molecular complexity index is 963. The Morgan fingerprint density at radius 1 is 1.21 bits per heavy atom. The Kier molecular flexibility index (Phi) is 6.42. The van der Waals surface area contributed by atoms with Crippen LogP contribution in [0.1, 0.15) is 23.2 Å². The predicted molar refractivity (Wildman–Crippen MR) is 108 cm³/mol. The first-order chi connectivity index (χ1) is 13.8. The van der Waals surface area contributed by atoms with E-state index in [0.717, 1.165) is 32.0 Å². The van der Waals surface area contributed by atoms with Gasteiger partial charge >= 0.3 is 5.97 Å². The molecule has 1 heterocycles. The van der Waals surface area contributed by atoms with Crippen molar-refractivity contribution in [1.82, 2.24) is 0 Å². The summed E-state index contributed by atoms with van der Waals surface area (Å²) in [5.41, 5.74) is 0.164. The maximum Gasteiger partial charge on any atom is 0.338 e. The van der Waals surface area contributed by atoms with Crippen LogP contribution in [0.4, 0.5) is 21.5 Å². The fourth-order valence-corrected chi connectivity index (χ4v) is 3.35. The highest BCUT2D eigenvalue weighted by Gasteiger charge is 2.24. The molecule has 1 amide bonds. The lowest BCUT2D eigenvalue weighted by Crippen LogP contribution is -2.22. The van der Waals surface area contributed by atoms with Crippen LogP contribution >= 0.6 is 15.9 Å². The van der Waals surface area contributed by atoms with Crippen LogP contribution in [-0.2, 0) is 9.53 Å². The molecule has 0 aromatic heterocycles. The van der Waals surface area contributed by atoms with Crippen molar-refractivity contribution in [2.45, 2.75) is 12.8 Å². The molecule has 152 valence electrons. The maximum atomic E-state index is 13.7. The molecule has 0 saturated carbocycles. The van der Waals surface area contributed by atoms with Gasteiger partial charge in [-0.2, -0.15) is 0 Å². The molecule has 8 nitrogen and oxygen atoms in total. The Morgan fingerprint density at radius 3 is 2.59 bits per heavy atom. The molecule has 2 aromatic carbocycles. The number of carbonyl (C=O) groups excluding carboxylic acids is 2. The van der Waals surface area contributed by atoms with E-state index in [4.69, 9.17) is 4.74 Å². The van der Waals surface area contributed by atoms with E-state index in [1.807, 2.05) is 4.90 Å². The Morgan fingerprint density at radius 2 is 1.93 bits per heavy atom. The number of anilines is 2. The molecule has 1 N–H and O–H groups in total. The zero-order valence-corrected chi connectivity index (χ0v) is 16.8. The summed E-state index contributed by atoms with van der Waals surface area (Å²) in [7, 11) is 0. The summed E-state index contributed by atoms with van der Waals surface area (Å²) in [6, 6.07) is 8.17. The number of rotatable bonds is 6. The molecule has 1 fully saturated rings. The Hall–Kier alpha value is -3.01. The van der Waals surface area contributed by atoms with E-state index in [1.54, 1.807) is 6.07 Å². The van der Waals surface area contributed by atoms with Crippen molar-refractivity contribution in [3.8, 4) is 0 Å². The van der Waals surface area contributed by atoms with Crippen LogP contribution in [0, 0.1) is 15.9 Å². The zero-order valence-electron chi connectivity index (χ0n) is 15.2. The molecule has 0 radical (unpaired) electrons. The van der Waals surface area contributed by atoms with Gasteiger partial charge in [-0.3, -0.25) is 14.9 Å². The van der Waals surface area contributed by atoms with Gasteiger partial charge in [0, 0.05) is 23.6 Å². The van der Waals surface area contributed by atoms with Crippen molar-refractivity contribution in [1.29, 1.82) is 0 Å². The van der Waals surface area contributed by atoms with E-state index in [9.17, 15) is 24.1 Å². The lowest BCUT2D eigenvalue weighted by atomic mass is 10.1. The van der Waals surface area contributed by atoms with E-state index < -0.39 is 29.2 Å². The van der Waals surface area contributed by atoms with Crippen LogP contribution < -0.4 is 10.2 Å². The highest BCUT2D eigenvalue weighted by molar-refractivity contribution is 9.10. The molecule has 0 aliphatic carbocycles. The summed E-state index contributed by atoms with van der Waals surface area (Å²) in [5, 5.41) is 13.7. The second-order valence-electron chi connectivity index (χ2n) is 6.40. The van der Waals surface area contributed by atoms with Gasteiger partial charge in [0.15, 0.2) is 6.61 Å². The third kappa shape index (κ3) is 5.08. The monoisotopic (exact) mass is 465 g/mol. The molecule has 0 atom stereocenters. The molecule has 10 heteroatoms. The van der Waals surface area contributed by atoms with Gasteiger partial charge in [-0.05, 0) is 43.2 Å². The summed E-state index contributed by atoms with van der Waals surface area (Å²) < 4.78 is 19.2. The number of amides is 1. The number of esters is 1. The average molecular weight is 466 g/mol. The third-order valence-corrected chi connectivity index (χ3v) is 4.89. The van der Waals surface area contributed by atoms with Crippen molar-refractivity contribution < 1.29 is 23.6 Å². The number of halogens is 2. The summed E-state index contributed by atoms with van der Waals surface area (Å²) in [6.07, 6.45) is 1.91. The topological polar surface area (TPSA) is 102 Å². The van der Waals surface area contributed by atoms with E-state index >= 15 is 0 Å². The van der Waals surface area contributed by atoms with Gasteiger partial charge in [0.2, 0.25) is 0 Å².